The maximum absolute atomic E-state index is 12.3. The van der Waals surface area contributed by atoms with E-state index in [1.54, 1.807) is 0 Å². The fraction of sp³-hybridized carbons (Fsp3) is 0.929. The van der Waals surface area contributed by atoms with Crippen LogP contribution >= 0.6 is 0 Å². The molecule has 0 aromatic heterocycles. The summed E-state index contributed by atoms with van der Waals surface area (Å²) in [5, 5.41) is 3.19. The predicted octanol–water partition coefficient (Wildman–Crippen LogP) is 2.30. The van der Waals surface area contributed by atoms with Crippen molar-refractivity contribution in [1.29, 1.82) is 0 Å². The van der Waals surface area contributed by atoms with E-state index in [4.69, 9.17) is 5.73 Å². The lowest BCUT2D eigenvalue weighted by molar-refractivity contribution is -0.133. The van der Waals surface area contributed by atoms with Crippen LogP contribution in [0.25, 0.3) is 0 Å². The normalized spacial score (nSPS) is 30.4. The van der Waals surface area contributed by atoms with Crippen LogP contribution in [-0.2, 0) is 4.79 Å². The molecule has 1 amide bonds. The highest BCUT2D eigenvalue weighted by molar-refractivity contribution is 5.83. The minimum Gasteiger partial charge on any atom is -0.353 e. The van der Waals surface area contributed by atoms with E-state index in [1.165, 1.54) is 6.42 Å². The largest absolute Gasteiger partial charge is 0.353 e. The Labute approximate surface area is 106 Å². The van der Waals surface area contributed by atoms with E-state index < -0.39 is 11.0 Å². The second-order valence-corrected chi connectivity index (χ2v) is 6.84. The zero-order valence-electron chi connectivity index (χ0n) is 12.1. The van der Waals surface area contributed by atoms with Crippen LogP contribution in [0.2, 0.25) is 0 Å². The second-order valence-electron chi connectivity index (χ2n) is 6.84. The summed E-state index contributed by atoms with van der Waals surface area (Å²) in [4.78, 5) is 12.3. The van der Waals surface area contributed by atoms with Crippen molar-refractivity contribution >= 4 is 5.91 Å². The molecule has 3 atom stereocenters. The predicted molar refractivity (Wildman–Crippen MR) is 71.5 cm³/mol. The fourth-order valence-electron chi connectivity index (χ4n) is 2.21. The second kappa shape index (κ2) is 4.60. The van der Waals surface area contributed by atoms with Gasteiger partial charge < -0.3 is 11.1 Å². The molecule has 100 valence electrons. The monoisotopic (exact) mass is 240 g/mol. The van der Waals surface area contributed by atoms with Crippen LogP contribution in [0.3, 0.4) is 0 Å². The first-order chi connectivity index (χ1) is 7.57. The quantitative estimate of drug-likeness (QED) is 0.795. The molecule has 0 heterocycles. The van der Waals surface area contributed by atoms with Gasteiger partial charge in [-0.25, -0.2) is 0 Å². The van der Waals surface area contributed by atoms with Gasteiger partial charge in [-0.1, -0.05) is 13.8 Å². The summed E-state index contributed by atoms with van der Waals surface area (Å²) >= 11 is 0. The van der Waals surface area contributed by atoms with Crippen LogP contribution in [0.15, 0.2) is 0 Å². The van der Waals surface area contributed by atoms with Gasteiger partial charge in [0.25, 0.3) is 0 Å². The van der Waals surface area contributed by atoms with Crippen molar-refractivity contribution in [3.8, 4) is 0 Å². The Morgan fingerprint density at radius 1 is 1.18 bits per heavy atom. The van der Waals surface area contributed by atoms with Crippen molar-refractivity contribution in [2.24, 2.45) is 23.0 Å². The highest BCUT2D eigenvalue weighted by Gasteiger charge is 2.42. The first-order valence-electron chi connectivity index (χ1n) is 6.67. The molecule has 0 saturated heterocycles. The number of carbonyl (C=O) groups excluding carboxylic acids is 1. The van der Waals surface area contributed by atoms with Crippen LogP contribution in [0.1, 0.15) is 54.4 Å². The van der Waals surface area contributed by atoms with Gasteiger partial charge in [-0.3, -0.25) is 4.79 Å². The van der Waals surface area contributed by atoms with Gasteiger partial charge in [-0.05, 0) is 52.4 Å². The Balaban J connectivity index is 2.67. The summed E-state index contributed by atoms with van der Waals surface area (Å²) in [6.45, 7) is 12.1. The van der Waals surface area contributed by atoms with E-state index >= 15 is 0 Å². The third-order valence-corrected chi connectivity index (χ3v) is 4.96. The van der Waals surface area contributed by atoms with Crippen molar-refractivity contribution < 1.29 is 4.79 Å². The summed E-state index contributed by atoms with van der Waals surface area (Å²) in [6, 6.07) is 0.319. The first-order valence-corrected chi connectivity index (χ1v) is 6.67. The molecule has 3 heteroatoms. The highest BCUT2D eigenvalue weighted by Crippen LogP contribution is 2.33. The molecule has 1 rings (SSSR count). The zero-order valence-corrected chi connectivity index (χ0v) is 12.1. The summed E-state index contributed by atoms with van der Waals surface area (Å²) in [5.74, 6) is 1.35. The molecule has 1 fully saturated rings. The van der Waals surface area contributed by atoms with Crippen LogP contribution < -0.4 is 11.1 Å². The van der Waals surface area contributed by atoms with Crippen LogP contribution in [0, 0.1) is 17.3 Å². The fourth-order valence-corrected chi connectivity index (χ4v) is 2.21. The van der Waals surface area contributed by atoms with Crippen LogP contribution in [0.5, 0.6) is 0 Å². The molecule has 0 aliphatic heterocycles. The van der Waals surface area contributed by atoms with E-state index in [9.17, 15) is 4.79 Å². The maximum atomic E-state index is 12.3. The Bertz CT molecular complexity index is 291. The average Bonchev–Trinajstić information content (AvgIpc) is 2.47. The topological polar surface area (TPSA) is 55.1 Å². The Hall–Kier alpha value is -0.570. The summed E-state index contributed by atoms with van der Waals surface area (Å²) < 4.78 is 0. The molecule has 3 N–H and O–H groups in total. The van der Waals surface area contributed by atoms with E-state index in [-0.39, 0.29) is 5.91 Å². The molecular formula is C14H28N2O. The molecule has 0 radical (unpaired) electrons. The lowest BCUT2D eigenvalue weighted by atomic mass is 9.74. The molecular weight excluding hydrogens is 212 g/mol. The van der Waals surface area contributed by atoms with E-state index in [0.717, 1.165) is 6.42 Å². The number of nitrogens with two attached hydrogens (primary N) is 1. The highest BCUT2D eigenvalue weighted by atomic mass is 16.2. The number of amides is 1. The number of nitrogens with one attached hydrogen (secondary N) is 1. The minimum absolute atomic E-state index is 0.0796. The summed E-state index contributed by atoms with van der Waals surface area (Å²) in [6.07, 6.45) is 2.30. The van der Waals surface area contributed by atoms with Crippen molar-refractivity contribution in [3.05, 3.63) is 0 Å². The molecule has 1 aliphatic carbocycles. The standard InChI is InChI=1S/C14H28N2O/c1-9-7-8-11(10(9)2)16-12(17)13(3,4)14(5,6)15/h9-11H,7-8,15H2,1-6H3,(H,16,17). The van der Waals surface area contributed by atoms with Crippen LogP contribution in [-0.4, -0.2) is 17.5 Å². The van der Waals surface area contributed by atoms with Crippen molar-refractivity contribution in [1.82, 2.24) is 5.32 Å². The number of rotatable bonds is 3. The maximum Gasteiger partial charge on any atom is 0.227 e. The van der Waals surface area contributed by atoms with Crippen LogP contribution in [0.4, 0.5) is 0 Å². The lowest BCUT2D eigenvalue weighted by Gasteiger charge is -2.38. The molecule has 3 unspecified atom stereocenters. The molecule has 0 bridgehead atoms. The molecule has 0 aromatic rings. The average molecular weight is 240 g/mol. The molecule has 3 nitrogen and oxygen atoms in total. The summed E-state index contributed by atoms with van der Waals surface area (Å²) in [7, 11) is 0. The molecule has 17 heavy (non-hydrogen) atoms. The van der Waals surface area contributed by atoms with Crippen molar-refractivity contribution in [3.63, 3.8) is 0 Å². The lowest BCUT2D eigenvalue weighted by Crippen LogP contribution is -2.57. The minimum atomic E-state index is -0.543. The van der Waals surface area contributed by atoms with Gasteiger partial charge in [0.2, 0.25) is 5.91 Å². The van der Waals surface area contributed by atoms with Gasteiger partial charge >= 0.3 is 0 Å². The molecule has 1 saturated carbocycles. The smallest absolute Gasteiger partial charge is 0.227 e. The van der Waals surface area contributed by atoms with Gasteiger partial charge in [0, 0.05) is 11.6 Å². The van der Waals surface area contributed by atoms with Crippen molar-refractivity contribution in [2.75, 3.05) is 0 Å². The summed E-state index contributed by atoms with van der Waals surface area (Å²) in [5.41, 5.74) is 5.04. The first kappa shape index (κ1) is 14.5. The SMILES string of the molecule is CC1CCC(NC(=O)C(C)(C)C(C)(C)N)C1C. The third-order valence-electron chi connectivity index (χ3n) is 4.96. The Morgan fingerprint density at radius 3 is 2.06 bits per heavy atom. The van der Waals surface area contributed by atoms with Crippen molar-refractivity contribution in [2.45, 2.75) is 66.0 Å². The zero-order chi connectivity index (χ0) is 13.4. The number of hydrogen-bond donors (Lipinski definition) is 2. The van der Waals surface area contributed by atoms with Gasteiger partial charge in [0.1, 0.15) is 0 Å². The van der Waals surface area contributed by atoms with E-state index in [2.05, 4.69) is 19.2 Å². The number of hydrogen-bond acceptors (Lipinski definition) is 2. The van der Waals surface area contributed by atoms with Gasteiger partial charge in [0.05, 0.1) is 5.41 Å². The molecule has 0 aromatic carbocycles. The van der Waals surface area contributed by atoms with Gasteiger partial charge in [-0.15, -0.1) is 0 Å². The van der Waals surface area contributed by atoms with E-state index in [1.807, 2.05) is 27.7 Å². The van der Waals surface area contributed by atoms with Gasteiger partial charge in [0.15, 0.2) is 0 Å². The number of carbonyl (C=O) groups is 1. The molecule has 1 aliphatic rings. The Kier molecular flexibility index (Phi) is 3.92. The van der Waals surface area contributed by atoms with E-state index in [0.29, 0.717) is 17.9 Å². The Morgan fingerprint density at radius 2 is 1.71 bits per heavy atom. The third kappa shape index (κ3) is 2.82. The molecule has 0 spiro atoms. The van der Waals surface area contributed by atoms with Gasteiger partial charge in [-0.2, -0.15) is 0 Å².